The largest absolute Gasteiger partial charge is 0.416 e. The third-order valence-corrected chi connectivity index (χ3v) is 1.90. The van der Waals surface area contributed by atoms with Crippen LogP contribution in [-0.4, -0.2) is 9.66 Å². The predicted octanol–water partition coefficient (Wildman–Crippen LogP) is 1.77. The zero-order valence-corrected chi connectivity index (χ0v) is 6.92. The van der Waals surface area contributed by atoms with Crippen LogP contribution in [0.5, 0.6) is 0 Å². The highest BCUT2D eigenvalue weighted by molar-refractivity contribution is 5.76. The summed E-state index contributed by atoms with van der Waals surface area (Å²) in [5.74, 6) is 5.38. The van der Waals surface area contributed by atoms with Gasteiger partial charge in [-0.1, -0.05) is 0 Å². The summed E-state index contributed by atoms with van der Waals surface area (Å²) >= 11 is 0. The molecule has 2 aromatic rings. The summed E-state index contributed by atoms with van der Waals surface area (Å²) in [6.45, 7) is 0. The number of alkyl halides is 3. The Hall–Kier alpha value is -1.72. The summed E-state index contributed by atoms with van der Waals surface area (Å²) in [7, 11) is 0. The van der Waals surface area contributed by atoms with Gasteiger partial charge in [0, 0.05) is 0 Å². The zero-order chi connectivity index (χ0) is 10.3. The molecule has 0 atom stereocenters. The van der Waals surface area contributed by atoms with Crippen molar-refractivity contribution in [3.05, 3.63) is 30.1 Å². The van der Waals surface area contributed by atoms with Gasteiger partial charge in [-0.25, -0.2) is 9.66 Å². The SMILES string of the molecule is Nn1cnc2ccc(C(F)(F)F)cc21. The van der Waals surface area contributed by atoms with E-state index < -0.39 is 11.7 Å². The van der Waals surface area contributed by atoms with E-state index in [4.69, 9.17) is 5.84 Å². The molecule has 0 saturated carbocycles. The van der Waals surface area contributed by atoms with Crippen LogP contribution in [-0.2, 0) is 6.18 Å². The molecule has 0 aliphatic heterocycles. The molecular formula is C8H6F3N3. The Bertz CT molecular complexity index is 472. The second-order valence-corrected chi connectivity index (χ2v) is 2.85. The summed E-state index contributed by atoms with van der Waals surface area (Å²) in [4.78, 5) is 3.81. The van der Waals surface area contributed by atoms with Gasteiger partial charge in [0.15, 0.2) is 0 Å². The summed E-state index contributed by atoms with van der Waals surface area (Å²) in [5.41, 5.74) is -0.0162. The van der Waals surface area contributed by atoms with E-state index >= 15 is 0 Å². The minimum Gasteiger partial charge on any atom is -0.338 e. The van der Waals surface area contributed by atoms with Gasteiger partial charge in [0.25, 0.3) is 0 Å². The highest BCUT2D eigenvalue weighted by atomic mass is 19.4. The highest BCUT2D eigenvalue weighted by Crippen LogP contribution is 2.30. The summed E-state index contributed by atoms with van der Waals surface area (Å²) < 4.78 is 37.9. The number of aromatic nitrogens is 2. The topological polar surface area (TPSA) is 43.8 Å². The Kier molecular flexibility index (Phi) is 1.67. The van der Waals surface area contributed by atoms with Crippen LogP contribution in [0.2, 0.25) is 0 Å². The number of nitrogens with two attached hydrogens (primary N) is 1. The van der Waals surface area contributed by atoms with Crippen molar-refractivity contribution >= 4 is 11.0 Å². The average molecular weight is 201 g/mol. The predicted molar refractivity (Wildman–Crippen MR) is 44.9 cm³/mol. The fourth-order valence-electron chi connectivity index (χ4n) is 1.20. The van der Waals surface area contributed by atoms with E-state index in [-0.39, 0.29) is 5.52 Å². The first-order valence-electron chi connectivity index (χ1n) is 3.78. The van der Waals surface area contributed by atoms with E-state index in [9.17, 15) is 13.2 Å². The number of benzene rings is 1. The molecule has 0 aliphatic rings. The monoisotopic (exact) mass is 201 g/mol. The van der Waals surface area contributed by atoms with Crippen LogP contribution in [0.15, 0.2) is 24.5 Å². The third kappa shape index (κ3) is 1.28. The van der Waals surface area contributed by atoms with Gasteiger partial charge in [-0.05, 0) is 18.2 Å². The molecule has 6 heteroatoms. The van der Waals surface area contributed by atoms with Crippen molar-refractivity contribution in [3.8, 4) is 0 Å². The van der Waals surface area contributed by atoms with Crippen LogP contribution in [0.25, 0.3) is 11.0 Å². The Labute approximate surface area is 76.9 Å². The average Bonchev–Trinajstić information content (AvgIpc) is 2.46. The minimum atomic E-state index is -4.35. The highest BCUT2D eigenvalue weighted by Gasteiger charge is 2.30. The molecule has 14 heavy (non-hydrogen) atoms. The van der Waals surface area contributed by atoms with Gasteiger partial charge >= 0.3 is 6.18 Å². The third-order valence-electron chi connectivity index (χ3n) is 1.90. The van der Waals surface area contributed by atoms with E-state index in [0.717, 1.165) is 16.8 Å². The van der Waals surface area contributed by atoms with Crippen molar-refractivity contribution in [2.45, 2.75) is 6.18 Å². The lowest BCUT2D eigenvalue weighted by molar-refractivity contribution is -0.137. The van der Waals surface area contributed by atoms with Crippen LogP contribution >= 0.6 is 0 Å². The van der Waals surface area contributed by atoms with Crippen LogP contribution in [0.4, 0.5) is 13.2 Å². The number of nitrogens with zero attached hydrogens (tertiary/aromatic N) is 2. The van der Waals surface area contributed by atoms with Crippen LogP contribution in [0.3, 0.4) is 0 Å². The number of hydrogen-bond donors (Lipinski definition) is 1. The first kappa shape index (κ1) is 8.86. The van der Waals surface area contributed by atoms with Crippen molar-refractivity contribution in [3.63, 3.8) is 0 Å². The second kappa shape index (κ2) is 2.63. The molecule has 0 fully saturated rings. The standard InChI is InChI=1S/C8H6F3N3/c9-8(10,11)5-1-2-6-7(3-5)14(12)4-13-6/h1-4H,12H2. The Balaban J connectivity index is 2.66. The Morgan fingerprint density at radius 2 is 2.00 bits per heavy atom. The maximum Gasteiger partial charge on any atom is 0.416 e. The molecule has 2 rings (SSSR count). The zero-order valence-electron chi connectivity index (χ0n) is 6.92. The molecule has 74 valence electrons. The maximum atomic E-state index is 12.3. The lowest BCUT2D eigenvalue weighted by Gasteiger charge is -2.05. The maximum absolute atomic E-state index is 12.3. The van der Waals surface area contributed by atoms with Gasteiger partial charge in [-0.2, -0.15) is 13.2 Å². The number of hydrogen-bond acceptors (Lipinski definition) is 2. The lowest BCUT2D eigenvalue weighted by atomic mass is 10.2. The van der Waals surface area contributed by atoms with Gasteiger partial charge < -0.3 is 5.84 Å². The van der Waals surface area contributed by atoms with E-state index in [1.807, 2.05) is 0 Å². The molecule has 0 bridgehead atoms. The molecular weight excluding hydrogens is 195 g/mol. The Morgan fingerprint density at radius 3 is 2.64 bits per heavy atom. The van der Waals surface area contributed by atoms with Gasteiger partial charge in [0.2, 0.25) is 0 Å². The molecule has 0 radical (unpaired) electrons. The molecule has 1 aromatic carbocycles. The number of nitrogen functional groups attached to an aromatic ring is 1. The number of imidazole rings is 1. The summed E-state index contributed by atoms with van der Waals surface area (Å²) in [6, 6.07) is 3.25. The molecule has 0 spiro atoms. The molecule has 0 amide bonds. The smallest absolute Gasteiger partial charge is 0.338 e. The molecule has 1 heterocycles. The van der Waals surface area contributed by atoms with Gasteiger partial charge in [0.1, 0.15) is 6.33 Å². The summed E-state index contributed by atoms with van der Waals surface area (Å²) in [6.07, 6.45) is -3.08. The first-order valence-corrected chi connectivity index (χ1v) is 3.78. The van der Waals surface area contributed by atoms with E-state index in [0.29, 0.717) is 5.52 Å². The van der Waals surface area contributed by atoms with Crippen molar-refractivity contribution in [1.82, 2.24) is 9.66 Å². The molecule has 2 N–H and O–H groups in total. The van der Waals surface area contributed by atoms with Gasteiger partial charge in [-0.15, -0.1) is 0 Å². The molecule has 0 saturated heterocycles. The normalized spacial score (nSPS) is 12.2. The molecule has 1 aromatic heterocycles. The van der Waals surface area contributed by atoms with Crippen molar-refractivity contribution < 1.29 is 13.2 Å². The minimum absolute atomic E-state index is 0.264. The first-order chi connectivity index (χ1) is 6.48. The summed E-state index contributed by atoms with van der Waals surface area (Å²) in [5, 5.41) is 0. The van der Waals surface area contributed by atoms with Crippen molar-refractivity contribution in [2.75, 3.05) is 5.84 Å². The van der Waals surface area contributed by atoms with Crippen molar-refractivity contribution in [2.24, 2.45) is 0 Å². The van der Waals surface area contributed by atoms with Gasteiger partial charge in [0.05, 0.1) is 16.6 Å². The lowest BCUT2D eigenvalue weighted by Crippen LogP contribution is -2.08. The number of fused-ring (bicyclic) bond motifs is 1. The van der Waals surface area contributed by atoms with E-state index in [1.165, 1.54) is 12.4 Å². The second-order valence-electron chi connectivity index (χ2n) is 2.85. The van der Waals surface area contributed by atoms with Crippen molar-refractivity contribution in [1.29, 1.82) is 0 Å². The molecule has 0 unspecified atom stereocenters. The number of rotatable bonds is 0. The number of halogens is 3. The van der Waals surface area contributed by atoms with E-state index in [1.54, 1.807) is 0 Å². The van der Waals surface area contributed by atoms with Gasteiger partial charge in [-0.3, -0.25) is 0 Å². The van der Waals surface area contributed by atoms with Crippen LogP contribution in [0, 0.1) is 0 Å². The quantitative estimate of drug-likeness (QED) is 0.660. The molecule has 3 nitrogen and oxygen atoms in total. The molecule has 0 aliphatic carbocycles. The van der Waals surface area contributed by atoms with E-state index in [2.05, 4.69) is 4.98 Å². The van der Waals surface area contributed by atoms with Crippen LogP contribution < -0.4 is 5.84 Å². The fraction of sp³-hybridized carbons (Fsp3) is 0.125. The fourth-order valence-corrected chi connectivity index (χ4v) is 1.20. The Morgan fingerprint density at radius 1 is 1.29 bits per heavy atom. The van der Waals surface area contributed by atoms with Crippen LogP contribution in [0.1, 0.15) is 5.56 Å².